The monoisotopic (exact) mass is 671 g/mol. The van der Waals surface area contributed by atoms with E-state index >= 15 is 4.39 Å². The van der Waals surface area contributed by atoms with Gasteiger partial charge >= 0.3 is 5.97 Å². The number of anilines is 2. The van der Waals surface area contributed by atoms with Crippen LogP contribution in [0.25, 0.3) is 0 Å². The SMILES string of the molecule is COC(=O)c1ccc(NC(=O)[C@@H]2N[C@@H](CC(C)(C)C)[C@@]3(C(=O)Nc4cc(Cl)ccc43)[C@H]2c2cccc(Br)c2F)c(OC)c1. The summed E-state index contributed by atoms with van der Waals surface area (Å²) in [5.41, 5.74) is 0.306. The van der Waals surface area contributed by atoms with Crippen molar-refractivity contribution in [1.29, 1.82) is 0 Å². The number of amides is 2. The molecule has 1 saturated heterocycles. The summed E-state index contributed by atoms with van der Waals surface area (Å²) in [7, 11) is 2.69. The number of hydrogen-bond acceptors (Lipinski definition) is 6. The van der Waals surface area contributed by atoms with Crippen LogP contribution in [0.15, 0.2) is 59.1 Å². The number of carbonyl (C=O) groups excluding carboxylic acids is 3. The summed E-state index contributed by atoms with van der Waals surface area (Å²) in [4.78, 5) is 40.6. The predicted octanol–water partition coefficient (Wildman–Crippen LogP) is 6.43. The largest absolute Gasteiger partial charge is 0.495 e. The van der Waals surface area contributed by atoms with E-state index in [1.165, 1.54) is 32.4 Å². The smallest absolute Gasteiger partial charge is 0.337 e. The number of rotatable bonds is 6. The Morgan fingerprint density at radius 3 is 2.53 bits per heavy atom. The lowest BCUT2D eigenvalue weighted by Crippen LogP contribution is -2.49. The first-order valence-electron chi connectivity index (χ1n) is 13.7. The Labute approximate surface area is 262 Å². The molecule has 0 saturated carbocycles. The van der Waals surface area contributed by atoms with Crippen molar-refractivity contribution in [2.24, 2.45) is 5.41 Å². The van der Waals surface area contributed by atoms with Gasteiger partial charge in [0.05, 0.1) is 36.0 Å². The summed E-state index contributed by atoms with van der Waals surface area (Å²) < 4.78 is 26.5. The fraction of sp³-hybridized carbons (Fsp3) is 0.344. The molecule has 226 valence electrons. The molecule has 2 heterocycles. The Bertz CT molecular complexity index is 1630. The Morgan fingerprint density at radius 1 is 1.12 bits per heavy atom. The van der Waals surface area contributed by atoms with Gasteiger partial charge < -0.3 is 25.4 Å². The van der Waals surface area contributed by atoms with Crippen LogP contribution in [0.4, 0.5) is 15.8 Å². The molecular formula is C32H32BrClFN3O5. The minimum atomic E-state index is -1.35. The van der Waals surface area contributed by atoms with Gasteiger partial charge in [-0.2, -0.15) is 0 Å². The predicted molar refractivity (Wildman–Crippen MR) is 166 cm³/mol. The highest BCUT2D eigenvalue weighted by Crippen LogP contribution is 2.57. The van der Waals surface area contributed by atoms with Gasteiger partial charge in [0.25, 0.3) is 0 Å². The molecule has 5 rings (SSSR count). The molecule has 2 amide bonds. The van der Waals surface area contributed by atoms with Crippen LogP contribution in [-0.2, 0) is 19.7 Å². The van der Waals surface area contributed by atoms with E-state index in [1.54, 1.807) is 36.4 Å². The third kappa shape index (κ3) is 5.41. The van der Waals surface area contributed by atoms with Gasteiger partial charge in [-0.15, -0.1) is 0 Å². The van der Waals surface area contributed by atoms with Gasteiger partial charge in [-0.3, -0.25) is 9.59 Å². The van der Waals surface area contributed by atoms with E-state index in [0.29, 0.717) is 28.4 Å². The molecule has 1 fully saturated rings. The maximum Gasteiger partial charge on any atom is 0.337 e. The van der Waals surface area contributed by atoms with Crippen LogP contribution in [-0.4, -0.2) is 44.1 Å². The summed E-state index contributed by atoms with van der Waals surface area (Å²) in [5.74, 6) is -2.68. The zero-order chi connectivity index (χ0) is 31.3. The van der Waals surface area contributed by atoms with E-state index in [1.807, 2.05) is 20.8 Å². The van der Waals surface area contributed by atoms with Crippen LogP contribution < -0.4 is 20.7 Å². The average Bonchev–Trinajstić information content (AvgIpc) is 3.43. The van der Waals surface area contributed by atoms with Crippen molar-refractivity contribution >= 4 is 56.7 Å². The second-order valence-electron chi connectivity index (χ2n) is 12.0. The van der Waals surface area contributed by atoms with Gasteiger partial charge in [0, 0.05) is 22.7 Å². The lowest BCUT2D eigenvalue weighted by molar-refractivity contribution is -0.122. The molecule has 8 nitrogen and oxygen atoms in total. The molecule has 3 aromatic carbocycles. The summed E-state index contributed by atoms with van der Waals surface area (Å²) in [6, 6.07) is 12.9. The van der Waals surface area contributed by atoms with Crippen LogP contribution in [0.1, 0.15) is 54.6 Å². The fourth-order valence-corrected chi connectivity index (χ4v) is 6.96. The van der Waals surface area contributed by atoms with Crippen LogP contribution >= 0.6 is 27.5 Å². The molecule has 11 heteroatoms. The van der Waals surface area contributed by atoms with Crippen LogP contribution in [0.3, 0.4) is 0 Å². The first-order valence-corrected chi connectivity index (χ1v) is 14.9. The average molecular weight is 673 g/mol. The molecule has 0 bridgehead atoms. The molecule has 2 aliphatic rings. The van der Waals surface area contributed by atoms with E-state index < -0.39 is 41.1 Å². The molecule has 0 radical (unpaired) electrons. The fourth-order valence-electron chi connectivity index (χ4n) is 6.40. The van der Waals surface area contributed by atoms with Gasteiger partial charge in [-0.25, -0.2) is 9.18 Å². The van der Waals surface area contributed by atoms with Crippen molar-refractivity contribution in [3.63, 3.8) is 0 Å². The van der Waals surface area contributed by atoms with Crippen molar-refractivity contribution in [3.05, 3.63) is 86.6 Å². The second kappa shape index (κ2) is 11.6. The Morgan fingerprint density at radius 2 is 1.86 bits per heavy atom. The van der Waals surface area contributed by atoms with Gasteiger partial charge in [-0.1, -0.05) is 50.6 Å². The molecule has 0 aromatic heterocycles. The Hall–Kier alpha value is -3.47. The number of nitrogens with one attached hydrogen (secondary N) is 3. The first-order chi connectivity index (χ1) is 20.3. The molecule has 0 unspecified atom stereocenters. The van der Waals surface area contributed by atoms with Crippen molar-refractivity contribution in [2.45, 2.75) is 50.6 Å². The van der Waals surface area contributed by atoms with E-state index in [-0.39, 0.29) is 32.7 Å². The number of hydrogen-bond donors (Lipinski definition) is 3. The standard InChI is InChI=1S/C32H32BrClFN3O5/c1-31(2,3)15-24-32(19-11-10-17(34)14-22(19)37-30(32)41)25(18-7-6-8-20(33)26(18)35)27(38-24)28(39)36-21-12-9-16(29(40)43-5)13-23(21)42-4/h6-14,24-25,27,38H,15H2,1-5H3,(H,36,39)(H,37,41)/t24-,25-,27+,32+/m0/s1. The first kappa shape index (κ1) is 31.0. The second-order valence-corrected chi connectivity index (χ2v) is 13.3. The third-order valence-corrected chi connectivity index (χ3v) is 8.95. The van der Waals surface area contributed by atoms with Crippen molar-refractivity contribution in [2.75, 3.05) is 24.9 Å². The maximum absolute atomic E-state index is 16.0. The number of methoxy groups -OCH3 is 2. The minimum Gasteiger partial charge on any atom is -0.495 e. The summed E-state index contributed by atoms with van der Waals surface area (Å²) in [5, 5.41) is 9.77. The van der Waals surface area contributed by atoms with Crippen molar-refractivity contribution in [3.8, 4) is 5.75 Å². The number of ether oxygens (including phenoxy) is 2. The molecule has 1 spiro atoms. The van der Waals surface area contributed by atoms with E-state index in [4.69, 9.17) is 21.1 Å². The molecule has 3 N–H and O–H groups in total. The molecule has 0 aliphatic carbocycles. The quantitative estimate of drug-likeness (QED) is 0.261. The van der Waals surface area contributed by atoms with E-state index in [0.717, 1.165) is 0 Å². The number of carbonyl (C=O) groups is 3. The normalized spacial score (nSPS) is 22.7. The molecule has 3 aromatic rings. The summed E-state index contributed by atoms with van der Waals surface area (Å²) in [6.07, 6.45) is 0.496. The van der Waals surface area contributed by atoms with Gasteiger partial charge in [-0.05, 0) is 75.3 Å². The van der Waals surface area contributed by atoms with Crippen molar-refractivity contribution < 1.29 is 28.2 Å². The zero-order valence-electron chi connectivity index (χ0n) is 24.3. The molecular weight excluding hydrogens is 641 g/mol. The highest BCUT2D eigenvalue weighted by atomic mass is 79.9. The van der Waals surface area contributed by atoms with Gasteiger partial charge in [0.1, 0.15) is 17.0 Å². The Kier molecular flexibility index (Phi) is 8.32. The third-order valence-electron chi connectivity index (χ3n) is 8.10. The maximum atomic E-state index is 16.0. The number of halogens is 3. The van der Waals surface area contributed by atoms with E-state index in [9.17, 15) is 14.4 Å². The minimum absolute atomic E-state index is 0.212. The highest BCUT2D eigenvalue weighted by molar-refractivity contribution is 9.10. The number of fused-ring (bicyclic) bond motifs is 2. The van der Waals surface area contributed by atoms with Crippen LogP contribution in [0, 0.1) is 11.2 Å². The molecule has 43 heavy (non-hydrogen) atoms. The zero-order valence-corrected chi connectivity index (χ0v) is 26.7. The summed E-state index contributed by atoms with van der Waals surface area (Å²) >= 11 is 9.60. The van der Waals surface area contributed by atoms with Gasteiger partial charge in [0.15, 0.2) is 0 Å². The lowest BCUT2D eigenvalue weighted by atomic mass is 9.62. The van der Waals surface area contributed by atoms with Crippen LogP contribution in [0.2, 0.25) is 5.02 Å². The van der Waals surface area contributed by atoms with E-state index in [2.05, 4.69) is 31.9 Å². The van der Waals surface area contributed by atoms with Crippen LogP contribution in [0.5, 0.6) is 5.75 Å². The Balaban J connectivity index is 1.68. The lowest BCUT2D eigenvalue weighted by Gasteiger charge is -2.37. The summed E-state index contributed by atoms with van der Waals surface area (Å²) in [6.45, 7) is 6.15. The highest BCUT2D eigenvalue weighted by Gasteiger charge is 2.66. The van der Waals surface area contributed by atoms with Crippen molar-refractivity contribution in [1.82, 2.24) is 5.32 Å². The number of esters is 1. The van der Waals surface area contributed by atoms with Gasteiger partial charge in [0.2, 0.25) is 11.8 Å². The topological polar surface area (TPSA) is 106 Å². The molecule has 2 aliphatic heterocycles. The number of benzene rings is 3. The molecule has 4 atom stereocenters.